The van der Waals surface area contributed by atoms with Gasteiger partial charge in [0.25, 0.3) is 0 Å². The third-order valence-corrected chi connectivity index (χ3v) is 9.74. The first-order chi connectivity index (χ1) is 9.52. The van der Waals surface area contributed by atoms with Crippen LogP contribution in [0.2, 0.25) is 0 Å². The number of halogens is 1. The fourth-order valence-corrected chi connectivity index (χ4v) is 8.23. The fourth-order valence-electron chi connectivity index (χ4n) is 2.69. The van der Waals surface area contributed by atoms with Crippen LogP contribution in [-0.2, 0) is 21.6 Å². The van der Waals surface area contributed by atoms with Gasteiger partial charge in [-0.05, 0) is 51.4 Å². The van der Waals surface area contributed by atoms with Gasteiger partial charge in [-0.1, -0.05) is 64.1 Å². The van der Waals surface area contributed by atoms with Crippen LogP contribution in [0.4, 0.5) is 0 Å². The smallest absolute Gasteiger partial charge is 0.322 e. The first-order valence-corrected chi connectivity index (χ1v) is 9.99. The molecule has 0 spiro atoms. The average Bonchev–Trinajstić information content (AvgIpc) is 2.98. The first-order valence-electron chi connectivity index (χ1n) is 7.20. The molecule has 0 bridgehead atoms. The number of hydrogen-bond acceptors (Lipinski definition) is 1. The summed E-state index contributed by atoms with van der Waals surface area (Å²) in [4.78, 5) is 0. The molecule has 2 fully saturated rings. The van der Waals surface area contributed by atoms with Crippen molar-refractivity contribution in [1.82, 2.24) is 0 Å². The Bertz CT molecular complexity index is 341. The Balaban J connectivity index is 0.000000622. The second-order valence-corrected chi connectivity index (χ2v) is 12.7. The van der Waals surface area contributed by atoms with E-state index in [9.17, 15) is 4.57 Å². The molecule has 1 nitrogen and oxygen atoms in total. The van der Waals surface area contributed by atoms with E-state index in [4.69, 9.17) is 0 Å². The summed E-state index contributed by atoms with van der Waals surface area (Å²) in [5.74, 6) is 0. The monoisotopic (exact) mass is 472 g/mol. The summed E-state index contributed by atoms with van der Waals surface area (Å²) < 4.78 is 14.7. The van der Waals surface area contributed by atoms with Crippen LogP contribution >= 0.6 is 29.7 Å². The van der Waals surface area contributed by atoms with Crippen molar-refractivity contribution in [1.29, 1.82) is 0 Å². The standard InChI is InChI=1S/C13H21IOP.C5H5.Fe/c1-12(2,3)16(15,13(4,5)6)11-9-7-8-10(11)14;1-2-4-5-3-1;/h7-9H,1-6H3;1-5H;/q;;+2. The molecule has 2 rings (SSSR count). The number of hydrogen-bond donors (Lipinski definition) is 0. The molecule has 2 aliphatic carbocycles. The molecule has 10 radical (unpaired) electrons. The average molecular weight is 472 g/mol. The van der Waals surface area contributed by atoms with E-state index in [0.717, 1.165) is 9.58 Å². The summed E-state index contributed by atoms with van der Waals surface area (Å²) in [5.41, 5.74) is 1.05. The summed E-state index contributed by atoms with van der Waals surface area (Å²) >= 11 is 2.29. The van der Waals surface area contributed by atoms with Crippen molar-refractivity contribution in [3.63, 3.8) is 0 Å². The SMILES string of the molecule is CC(C)(C)P(=O)([C]1[CH][CH][CH][C]1I)C(C)(C)C.[CH]1[CH][CH][CH][CH]1.[Fe+2]. The molecule has 0 aromatic rings. The van der Waals surface area contributed by atoms with Gasteiger partial charge in [0.05, 0.1) is 9.58 Å². The Morgan fingerprint density at radius 1 is 0.773 bits per heavy atom. The Labute approximate surface area is 163 Å². The molecule has 0 aliphatic heterocycles. The second kappa shape index (κ2) is 9.25. The zero-order valence-corrected chi connectivity index (χ0v) is 18.4. The third kappa shape index (κ3) is 5.50. The molecular formula is C18H26FeIOP+2. The maximum Gasteiger partial charge on any atom is 2.00 e. The van der Waals surface area contributed by atoms with Crippen LogP contribution < -0.4 is 0 Å². The van der Waals surface area contributed by atoms with Crippen LogP contribution in [0.15, 0.2) is 0 Å². The van der Waals surface area contributed by atoms with E-state index in [1.807, 2.05) is 51.4 Å². The van der Waals surface area contributed by atoms with Crippen molar-refractivity contribution in [2.24, 2.45) is 0 Å². The van der Waals surface area contributed by atoms with E-state index >= 15 is 0 Å². The quantitative estimate of drug-likeness (QED) is 0.257. The van der Waals surface area contributed by atoms with E-state index in [1.54, 1.807) is 0 Å². The summed E-state index contributed by atoms with van der Waals surface area (Å²) in [5, 5.41) is -0.390. The zero-order chi connectivity index (χ0) is 16.3. The fraction of sp³-hybridized carbons (Fsp3) is 0.444. The Morgan fingerprint density at radius 3 is 1.36 bits per heavy atom. The minimum atomic E-state index is -2.44. The normalized spacial score (nSPS) is 21.2. The Hall–Kier alpha value is 1.48. The van der Waals surface area contributed by atoms with Crippen LogP contribution in [0, 0.1) is 61.0 Å². The largest absolute Gasteiger partial charge is 2.00 e. The van der Waals surface area contributed by atoms with Crippen LogP contribution in [0.3, 0.4) is 0 Å². The maximum atomic E-state index is 13.5. The van der Waals surface area contributed by atoms with Crippen molar-refractivity contribution in [3.8, 4) is 0 Å². The van der Waals surface area contributed by atoms with Crippen LogP contribution in [0.1, 0.15) is 41.5 Å². The minimum Gasteiger partial charge on any atom is -0.322 e. The molecule has 22 heavy (non-hydrogen) atoms. The van der Waals surface area contributed by atoms with Crippen LogP contribution in [0.25, 0.3) is 0 Å². The maximum absolute atomic E-state index is 13.5. The van der Waals surface area contributed by atoms with Gasteiger partial charge in [0.1, 0.15) is 7.14 Å². The molecule has 0 unspecified atom stereocenters. The van der Waals surface area contributed by atoms with Gasteiger partial charge in [-0.15, -0.1) is 0 Å². The van der Waals surface area contributed by atoms with Gasteiger partial charge in [0.15, 0.2) is 0 Å². The summed E-state index contributed by atoms with van der Waals surface area (Å²) in [6.07, 6.45) is 16.1. The second-order valence-electron chi connectivity index (χ2n) is 7.17. The van der Waals surface area contributed by atoms with Gasteiger partial charge in [-0.25, -0.2) is 0 Å². The molecule has 0 aromatic carbocycles. The molecular weight excluding hydrogens is 446 g/mol. The van der Waals surface area contributed by atoms with Crippen molar-refractivity contribution < 1.29 is 21.6 Å². The van der Waals surface area contributed by atoms with Crippen molar-refractivity contribution in [3.05, 3.63) is 61.0 Å². The molecule has 0 atom stereocenters. The van der Waals surface area contributed by atoms with E-state index in [-0.39, 0.29) is 27.4 Å². The molecule has 0 saturated heterocycles. The molecule has 0 N–H and O–H groups in total. The van der Waals surface area contributed by atoms with Gasteiger partial charge in [-0.3, -0.25) is 0 Å². The van der Waals surface area contributed by atoms with Crippen LogP contribution in [0.5, 0.6) is 0 Å². The first kappa shape index (κ1) is 23.5. The van der Waals surface area contributed by atoms with Gasteiger partial charge in [-0.2, -0.15) is 0 Å². The van der Waals surface area contributed by atoms with Gasteiger partial charge >= 0.3 is 17.1 Å². The summed E-state index contributed by atoms with van der Waals surface area (Å²) in [6.45, 7) is 12.5. The molecule has 122 valence electrons. The van der Waals surface area contributed by atoms with E-state index in [2.05, 4.69) is 64.1 Å². The van der Waals surface area contributed by atoms with E-state index < -0.39 is 7.14 Å². The van der Waals surface area contributed by atoms with Crippen molar-refractivity contribution >= 4 is 29.7 Å². The summed E-state index contributed by atoms with van der Waals surface area (Å²) in [7, 11) is -2.44. The molecule has 0 heterocycles. The predicted molar refractivity (Wildman–Crippen MR) is 102 cm³/mol. The summed E-state index contributed by atoms with van der Waals surface area (Å²) in [6, 6.07) is 0. The zero-order valence-electron chi connectivity index (χ0n) is 14.2. The number of rotatable bonds is 1. The third-order valence-electron chi connectivity index (χ3n) is 3.53. The topological polar surface area (TPSA) is 17.1 Å². The van der Waals surface area contributed by atoms with Gasteiger partial charge in [0, 0.05) is 10.3 Å². The molecule has 2 aliphatic rings. The Morgan fingerprint density at radius 2 is 1.14 bits per heavy atom. The minimum absolute atomic E-state index is 0. The van der Waals surface area contributed by atoms with E-state index in [1.165, 1.54) is 0 Å². The molecule has 0 aromatic heterocycles. The Kier molecular flexibility index (Phi) is 9.88. The van der Waals surface area contributed by atoms with Gasteiger partial charge in [0.2, 0.25) is 0 Å². The van der Waals surface area contributed by atoms with Crippen molar-refractivity contribution in [2.75, 3.05) is 0 Å². The molecule has 4 heteroatoms. The predicted octanol–water partition coefficient (Wildman–Crippen LogP) is 6.09. The molecule has 2 saturated carbocycles. The van der Waals surface area contributed by atoms with Gasteiger partial charge < -0.3 is 4.57 Å². The van der Waals surface area contributed by atoms with Crippen molar-refractivity contribution in [2.45, 2.75) is 51.9 Å². The molecule has 0 amide bonds. The van der Waals surface area contributed by atoms with E-state index in [0.29, 0.717) is 0 Å². The van der Waals surface area contributed by atoms with Crippen LogP contribution in [-0.4, -0.2) is 10.3 Å².